The molecule has 6 heteroatoms. The van der Waals surface area contributed by atoms with Gasteiger partial charge in [0.2, 0.25) is 0 Å². The Kier molecular flexibility index (Phi) is 5.14. The Morgan fingerprint density at radius 3 is 3.00 bits per heavy atom. The van der Waals surface area contributed by atoms with E-state index in [2.05, 4.69) is 17.2 Å². The molecule has 0 aromatic carbocycles. The molecule has 0 bridgehead atoms. The predicted octanol–water partition coefficient (Wildman–Crippen LogP) is 2.25. The molecule has 0 saturated carbocycles. The quantitative estimate of drug-likeness (QED) is 0.891. The summed E-state index contributed by atoms with van der Waals surface area (Å²) in [4.78, 5) is 29.1. The van der Waals surface area contributed by atoms with Crippen molar-refractivity contribution >= 4 is 12.0 Å². The van der Waals surface area contributed by atoms with Crippen LogP contribution in [0.5, 0.6) is 0 Å². The van der Waals surface area contributed by atoms with Crippen molar-refractivity contribution in [2.75, 3.05) is 6.54 Å². The third-order valence-electron chi connectivity index (χ3n) is 3.84. The Hall–Kier alpha value is -2.11. The van der Waals surface area contributed by atoms with E-state index in [0.29, 0.717) is 11.7 Å². The lowest BCUT2D eigenvalue weighted by atomic mass is 10.0. The molecule has 21 heavy (non-hydrogen) atoms. The Bertz CT molecular complexity index is 519. The number of hydrogen-bond donors (Lipinski definition) is 2. The number of hydrogen-bond acceptors (Lipinski definition) is 3. The number of urea groups is 1. The zero-order valence-corrected chi connectivity index (χ0v) is 12.2. The fraction of sp³-hybridized carbons (Fsp3) is 0.533. The van der Waals surface area contributed by atoms with Crippen molar-refractivity contribution in [1.82, 2.24) is 15.2 Å². The maximum absolute atomic E-state index is 12.2. The smallest absolute Gasteiger partial charge is 0.335 e. The van der Waals surface area contributed by atoms with Crippen LogP contribution in [-0.4, -0.2) is 39.6 Å². The number of aromatic carboxylic acids is 1. The van der Waals surface area contributed by atoms with Crippen molar-refractivity contribution in [1.29, 1.82) is 0 Å². The van der Waals surface area contributed by atoms with E-state index in [4.69, 9.17) is 5.11 Å². The van der Waals surface area contributed by atoms with Gasteiger partial charge in [-0.15, -0.1) is 0 Å². The molecule has 114 valence electrons. The Morgan fingerprint density at radius 1 is 1.48 bits per heavy atom. The third kappa shape index (κ3) is 3.93. The zero-order chi connectivity index (χ0) is 15.2. The molecule has 2 N–H and O–H groups in total. The summed E-state index contributed by atoms with van der Waals surface area (Å²) < 4.78 is 0. The average Bonchev–Trinajstić information content (AvgIpc) is 2.52. The van der Waals surface area contributed by atoms with E-state index in [9.17, 15) is 9.59 Å². The molecule has 2 amide bonds. The molecular formula is C15H21N3O3. The van der Waals surface area contributed by atoms with Crippen molar-refractivity contribution in [3.8, 4) is 0 Å². The van der Waals surface area contributed by atoms with E-state index in [1.165, 1.54) is 24.8 Å². The van der Waals surface area contributed by atoms with E-state index in [0.717, 1.165) is 25.8 Å². The first-order valence-corrected chi connectivity index (χ1v) is 7.34. The van der Waals surface area contributed by atoms with Gasteiger partial charge in [0.25, 0.3) is 0 Å². The number of carboxylic acids is 1. The van der Waals surface area contributed by atoms with Crippen LogP contribution in [0.1, 0.15) is 48.7 Å². The Morgan fingerprint density at radius 2 is 2.29 bits per heavy atom. The van der Waals surface area contributed by atoms with Crippen LogP contribution in [0.15, 0.2) is 18.3 Å². The van der Waals surface area contributed by atoms with Gasteiger partial charge in [-0.2, -0.15) is 0 Å². The van der Waals surface area contributed by atoms with Crippen molar-refractivity contribution in [2.24, 2.45) is 0 Å². The first-order chi connectivity index (χ1) is 10.1. The summed E-state index contributed by atoms with van der Waals surface area (Å²) in [5.74, 6) is -0.993. The van der Waals surface area contributed by atoms with Gasteiger partial charge < -0.3 is 15.3 Å². The van der Waals surface area contributed by atoms with Crippen LogP contribution < -0.4 is 5.32 Å². The standard InChI is InChI=1S/C15H21N3O3/c1-2-13-5-3-4-8-18(13)15(21)17-10-12-9-11(14(19)20)6-7-16-12/h6-7,9,13H,2-5,8,10H2,1H3,(H,17,21)(H,19,20). The Labute approximate surface area is 124 Å². The van der Waals surface area contributed by atoms with Gasteiger partial charge in [-0.3, -0.25) is 4.98 Å². The molecule has 1 atom stereocenters. The highest BCUT2D eigenvalue weighted by atomic mass is 16.4. The number of carbonyl (C=O) groups excluding carboxylic acids is 1. The number of rotatable bonds is 4. The van der Waals surface area contributed by atoms with Gasteiger partial charge in [0.05, 0.1) is 17.8 Å². The summed E-state index contributed by atoms with van der Waals surface area (Å²) in [7, 11) is 0. The van der Waals surface area contributed by atoms with E-state index < -0.39 is 5.97 Å². The van der Waals surface area contributed by atoms with Crippen LogP contribution >= 0.6 is 0 Å². The average molecular weight is 291 g/mol. The van der Waals surface area contributed by atoms with Crippen LogP contribution in [0.3, 0.4) is 0 Å². The molecule has 1 aliphatic rings. The molecule has 1 unspecified atom stereocenters. The van der Waals surface area contributed by atoms with Gasteiger partial charge in [0.15, 0.2) is 0 Å². The first-order valence-electron chi connectivity index (χ1n) is 7.34. The van der Waals surface area contributed by atoms with E-state index in [1.54, 1.807) is 0 Å². The minimum Gasteiger partial charge on any atom is -0.478 e. The van der Waals surface area contributed by atoms with Gasteiger partial charge in [0.1, 0.15) is 0 Å². The monoisotopic (exact) mass is 291 g/mol. The molecule has 1 aromatic rings. The minimum absolute atomic E-state index is 0.0934. The van der Waals surface area contributed by atoms with E-state index in [-0.39, 0.29) is 18.1 Å². The van der Waals surface area contributed by atoms with Gasteiger partial charge >= 0.3 is 12.0 Å². The second-order valence-corrected chi connectivity index (χ2v) is 5.25. The number of carboxylic acid groups (broad SMARTS) is 1. The zero-order valence-electron chi connectivity index (χ0n) is 12.2. The predicted molar refractivity (Wildman–Crippen MR) is 78.1 cm³/mol. The molecule has 1 aliphatic heterocycles. The maximum atomic E-state index is 12.2. The van der Waals surface area contributed by atoms with Crippen molar-refractivity contribution in [3.05, 3.63) is 29.6 Å². The number of piperidine rings is 1. The summed E-state index contributed by atoms with van der Waals surface area (Å²) in [6.07, 6.45) is 5.67. The minimum atomic E-state index is -0.993. The molecule has 0 spiro atoms. The van der Waals surface area contributed by atoms with Gasteiger partial charge in [0, 0.05) is 18.8 Å². The molecule has 6 nitrogen and oxygen atoms in total. The summed E-state index contributed by atoms with van der Waals surface area (Å²) in [5.41, 5.74) is 0.729. The van der Waals surface area contributed by atoms with Crippen LogP contribution in [0.4, 0.5) is 4.79 Å². The highest BCUT2D eigenvalue weighted by Crippen LogP contribution is 2.19. The largest absolute Gasteiger partial charge is 0.478 e. The molecule has 1 saturated heterocycles. The molecular weight excluding hydrogens is 270 g/mol. The van der Waals surface area contributed by atoms with Crippen LogP contribution in [0.25, 0.3) is 0 Å². The first kappa shape index (κ1) is 15.3. The fourth-order valence-corrected chi connectivity index (χ4v) is 2.67. The maximum Gasteiger partial charge on any atom is 0.335 e. The normalized spacial score (nSPS) is 18.3. The summed E-state index contributed by atoms with van der Waals surface area (Å²) in [5, 5.41) is 11.8. The van der Waals surface area contributed by atoms with Crippen molar-refractivity contribution in [2.45, 2.75) is 45.2 Å². The van der Waals surface area contributed by atoms with Crippen molar-refractivity contribution < 1.29 is 14.7 Å². The molecule has 0 radical (unpaired) electrons. The number of likely N-dealkylation sites (tertiary alicyclic amines) is 1. The van der Waals surface area contributed by atoms with Crippen molar-refractivity contribution in [3.63, 3.8) is 0 Å². The van der Waals surface area contributed by atoms with Gasteiger partial charge in [-0.1, -0.05) is 6.92 Å². The number of pyridine rings is 1. The number of carbonyl (C=O) groups is 2. The van der Waals surface area contributed by atoms with Crippen LogP contribution in [-0.2, 0) is 6.54 Å². The molecule has 0 aliphatic carbocycles. The summed E-state index contributed by atoms with van der Waals surface area (Å²) in [6.45, 7) is 3.12. The molecule has 2 heterocycles. The summed E-state index contributed by atoms with van der Waals surface area (Å²) >= 11 is 0. The highest BCUT2D eigenvalue weighted by Gasteiger charge is 2.24. The number of amides is 2. The third-order valence-corrected chi connectivity index (χ3v) is 3.84. The van der Waals surface area contributed by atoms with E-state index >= 15 is 0 Å². The van der Waals surface area contributed by atoms with E-state index in [1.807, 2.05) is 4.90 Å². The van der Waals surface area contributed by atoms with Gasteiger partial charge in [-0.05, 0) is 37.8 Å². The lowest BCUT2D eigenvalue weighted by molar-refractivity contribution is 0.0696. The number of aromatic nitrogens is 1. The lowest BCUT2D eigenvalue weighted by Crippen LogP contribution is -2.48. The topological polar surface area (TPSA) is 82.5 Å². The highest BCUT2D eigenvalue weighted by molar-refractivity contribution is 5.87. The van der Waals surface area contributed by atoms with Gasteiger partial charge in [-0.25, -0.2) is 9.59 Å². The fourth-order valence-electron chi connectivity index (χ4n) is 2.67. The lowest BCUT2D eigenvalue weighted by Gasteiger charge is -2.35. The number of nitrogens with one attached hydrogen (secondary N) is 1. The Balaban J connectivity index is 1.94. The number of nitrogens with zero attached hydrogens (tertiary/aromatic N) is 2. The SMILES string of the molecule is CCC1CCCCN1C(=O)NCc1cc(C(=O)O)ccn1. The van der Waals surface area contributed by atoms with Crippen LogP contribution in [0, 0.1) is 0 Å². The molecule has 1 fully saturated rings. The van der Waals surface area contributed by atoms with Crippen LogP contribution in [0.2, 0.25) is 0 Å². The second-order valence-electron chi connectivity index (χ2n) is 5.25. The molecule has 1 aromatic heterocycles. The second kappa shape index (κ2) is 7.06. The molecule has 2 rings (SSSR count). The summed E-state index contributed by atoms with van der Waals surface area (Å²) in [6, 6.07) is 3.13.